The average Bonchev–Trinajstić information content (AvgIpc) is 3.29. The second-order valence-electron chi connectivity index (χ2n) is 7.66. The molecule has 2 heterocycles. The van der Waals surface area contributed by atoms with Crippen LogP contribution in [-0.4, -0.2) is 16.4 Å². The van der Waals surface area contributed by atoms with Gasteiger partial charge in [0.05, 0.1) is 6.04 Å². The Morgan fingerprint density at radius 2 is 1.96 bits per heavy atom. The molecule has 0 spiro atoms. The fraction of sp³-hybridized carbons (Fsp3) is 0.348. The van der Waals surface area contributed by atoms with Crippen molar-refractivity contribution in [3.8, 4) is 11.3 Å². The van der Waals surface area contributed by atoms with Crippen LogP contribution in [0.1, 0.15) is 55.9 Å². The van der Waals surface area contributed by atoms with E-state index in [1.54, 1.807) is 0 Å². The molecule has 1 aliphatic rings. The predicted octanol–water partition coefficient (Wildman–Crippen LogP) is 5.38. The highest BCUT2D eigenvalue weighted by atomic mass is 16.4. The molecule has 27 heavy (non-hydrogen) atoms. The van der Waals surface area contributed by atoms with E-state index in [1.165, 1.54) is 5.56 Å². The Bertz CT molecular complexity index is 901. The summed E-state index contributed by atoms with van der Waals surface area (Å²) in [5, 5.41) is 0. The largest absolute Gasteiger partial charge is 0.443 e. The van der Waals surface area contributed by atoms with E-state index in [-0.39, 0.29) is 6.04 Å². The lowest BCUT2D eigenvalue weighted by Crippen LogP contribution is -2.23. The van der Waals surface area contributed by atoms with Crippen molar-refractivity contribution in [1.29, 1.82) is 0 Å². The minimum Gasteiger partial charge on any atom is -0.443 e. The molecule has 0 aliphatic carbocycles. The molecule has 0 radical (unpaired) electrons. The van der Waals surface area contributed by atoms with E-state index in [1.807, 2.05) is 18.2 Å². The number of benzene rings is 2. The van der Waals surface area contributed by atoms with Crippen LogP contribution in [0.3, 0.4) is 0 Å². The first-order valence-electron chi connectivity index (χ1n) is 9.76. The number of anilines is 1. The molecule has 0 bridgehead atoms. The van der Waals surface area contributed by atoms with Crippen molar-refractivity contribution in [2.75, 3.05) is 12.3 Å². The van der Waals surface area contributed by atoms with E-state index >= 15 is 0 Å². The molecule has 1 aliphatic heterocycles. The van der Waals surface area contributed by atoms with Gasteiger partial charge in [-0.15, -0.1) is 0 Å². The van der Waals surface area contributed by atoms with E-state index < -0.39 is 0 Å². The van der Waals surface area contributed by atoms with Gasteiger partial charge in [-0.05, 0) is 37.1 Å². The molecule has 1 atom stereocenters. The van der Waals surface area contributed by atoms with E-state index in [0.29, 0.717) is 5.92 Å². The summed E-state index contributed by atoms with van der Waals surface area (Å²) in [6.45, 7) is 6.25. The number of oxazole rings is 1. The summed E-state index contributed by atoms with van der Waals surface area (Å²) >= 11 is 0. The summed E-state index contributed by atoms with van der Waals surface area (Å²) in [5.41, 5.74) is 10.1. The molecule has 3 aromatic rings. The molecule has 1 aromatic heterocycles. The summed E-state index contributed by atoms with van der Waals surface area (Å²) in [6, 6.07) is 18.7. The van der Waals surface area contributed by atoms with Gasteiger partial charge >= 0.3 is 0 Å². The van der Waals surface area contributed by atoms with Gasteiger partial charge in [-0.2, -0.15) is 0 Å². The van der Waals surface area contributed by atoms with Crippen LogP contribution in [0.15, 0.2) is 59.0 Å². The summed E-state index contributed by atoms with van der Waals surface area (Å²) in [4.78, 5) is 7.42. The first kappa shape index (κ1) is 17.8. The maximum absolute atomic E-state index is 6.33. The smallest absolute Gasteiger partial charge is 0.212 e. The maximum Gasteiger partial charge on any atom is 0.212 e. The van der Waals surface area contributed by atoms with Gasteiger partial charge in [-0.3, -0.25) is 4.90 Å². The average molecular weight is 361 g/mol. The van der Waals surface area contributed by atoms with Crippen LogP contribution in [-0.2, 0) is 6.54 Å². The molecule has 1 fully saturated rings. The lowest BCUT2D eigenvalue weighted by atomic mass is 10.0. The topological polar surface area (TPSA) is 55.3 Å². The fourth-order valence-corrected chi connectivity index (χ4v) is 3.91. The third-order valence-corrected chi connectivity index (χ3v) is 5.23. The van der Waals surface area contributed by atoms with E-state index in [9.17, 15) is 0 Å². The summed E-state index contributed by atoms with van der Waals surface area (Å²) < 4.78 is 6.33. The van der Waals surface area contributed by atoms with Gasteiger partial charge in [0, 0.05) is 23.7 Å². The molecule has 2 N–H and O–H groups in total. The third-order valence-electron chi connectivity index (χ3n) is 5.23. The lowest BCUT2D eigenvalue weighted by molar-refractivity contribution is 0.211. The maximum atomic E-state index is 6.33. The minimum absolute atomic E-state index is 0.224. The van der Waals surface area contributed by atoms with Crippen LogP contribution < -0.4 is 5.73 Å². The van der Waals surface area contributed by atoms with Crippen molar-refractivity contribution in [3.63, 3.8) is 0 Å². The van der Waals surface area contributed by atoms with Crippen LogP contribution in [0.25, 0.3) is 11.3 Å². The summed E-state index contributed by atoms with van der Waals surface area (Å²) in [5.74, 6) is 2.12. The number of nitrogens with zero attached hydrogens (tertiary/aromatic N) is 2. The van der Waals surface area contributed by atoms with Gasteiger partial charge in [-0.1, -0.05) is 56.3 Å². The number of likely N-dealkylation sites (tertiary alicyclic amines) is 1. The first-order chi connectivity index (χ1) is 13.1. The number of nitrogen functional groups attached to an aromatic ring is 1. The molecule has 4 rings (SSSR count). The van der Waals surface area contributed by atoms with Crippen LogP contribution in [0, 0.1) is 0 Å². The zero-order chi connectivity index (χ0) is 18.8. The monoisotopic (exact) mass is 361 g/mol. The van der Waals surface area contributed by atoms with Crippen molar-refractivity contribution >= 4 is 5.69 Å². The number of rotatable bonds is 5. The Kier molecular flexibility index (Phi) is 4.99. The van der Waals surface area contributed by atoms with Crippen LogP contribution >= 0.6 is 0 Å². The molecule has 1 saturated heterocycles. The Balaban J connectivity index is 1.64. The van der Waals surface area contributed by atoms with Gasteiger partial charge in [-0.25, -0.2) is 4.98 Å². The highest BCUT2D eigenvalue weighted by molar-refractivity contribution is 5.61. The number of hydrogen-bond acceptors (Lipinski definition) is 4. The van der Waals surface area contributed by atoms with E-state index in [4.69, 9.17) is 15.1 Å². The first-order valence-corrected chi connectivity index (χ1v) is 9.76. The SMILES string of the molecule is CC(C)c1oc(C2CCCN2Cc2cccc(N)c2)nc1-c1ccccc1. The van der Waals surface area contributed by atoms with Gasteiger partial charge in [0.2, 0.25) is 5.89 Å². The van der Waals surface area contributed by atoms with Gasteiger partial charge < -0.3 is 10.2 Å². The Hall–Kier alpha value is -2.59. The molecule has 0 saturated carbocycles. The molecule has 4 heteroatoms. The van der Waals surface area contributed by atoms with Crippen molar-refractivity contribution < 1.29 is 4.42 Å². The van der Waals surface area contributed by atoms with E-state index in [0.717, 1.165) is 54.5 Å². The number of aromatic nitrogens is 1. The van der Waals surface area contributed by atoms with Crippen molar-refractivity contribution in [2.45, 2.75) is 45.2 Å². The number of hydrogen-bond donors (Lipinski definition) is 1. The van der Waals surface area contributed by atoms with Gasteiger partial charge in [0.1, 0.15) is 11.5 Å². The molecule has 4 nitrogen and oxygen atoms in total. The molecule has 0 amide bonds. The van der Waals surface area contributed by atoms with Gasteiger partial charge in [0.25, 0.3) is 0 Å². The normalized spacial score (nSPS) is 17.7. The molecule has 2 aromatic carbocycles. The van der Waals surface area contributed by atoms with Gasteiger partial charge in [0.15, 0.2) is 0 Å². The van der Waals surface area contributed by atoms with Crippen LogP contribution in [0.2, 0.25) is 0 Å². The second kappa shape index (κ2) is 7.57. The molecule has 140 valence electrons. The quantitative estimate of drug-likeness (QED) is 0.620. The molecular weight excluding hydrogens is 334 g/mol. The third kappa shape index (κ3) is 3.76. The van der Waals surface area contributed by atoms with E-state index in [2.05, 4.69) is 55.1 Å². The van der Waals surface area contributed by atoms with Crippen molar-refractivity contribution in [1.82, 2.24) is 9.88 Å². The van der Waals surface area contributed by atoms with Crippen LogP contribution in [0.4, 0.5) is 5.69 Å². The van der Waals surface area contributed by atoms with Crippen molar-refractivity contribution in [2.24, 2.45) is 0 Å². The van der Waals surface area contributed by atoms with Crippen molar-refractivity contribution in [3.05, 3.63) is 71.8 Å². The zero-order valence-corrected chi connectivity index (χ0v) is 16.1. The highest BCUT2D eigenvalue weighted by Crippen LogP contribution is 2.37. The number of nitrogens with two attached hydrogens (primary N) is 1. The predicted molar refractivity (Wildman–Crippen MR) is 109 cm³/mol. The van der Waals surface area contributed by atoms with Crippen LogP contribution in [0.5, 0.6) is 0 Å². The second-order valence-corrected chi connectivity index (χ2v) is 7.66. The minimum atomic E-state index is 0.224. The highest BCUT2D eigenvalue weighted by Gasteiger charge is 2.31. The summed E-state index contributed by atoms with van der Waals surface area (Å²) in [7, 11) is 0. The summed E-state index contributed by atoms with van der Waals surface area (Å²) in [6.07, 6.45) is 2.24. The Morgan fingerprint density at radius 1 is 1.15 bits per heavy atom. The zero-order valence-electron chi connectivity index (χ0n) is 16.1. The standard InChI is InChI=1S/C23H27N3O/c1-16(2)22-21(18-9-4-3-5-10-18)25-23(27-22)20-12-7-13-26(20)15-17-8-6-11-19(24)14-17/h3-6,8-11,14,16,20H,7,12-13,15,24H2,1-2H3. The molecule has 1 unspecified atom stereocenters. The Labute approximate surface area is 161 Å². The molecular formula is C23H27N3O. The Morgan fingerprint density at radius 3 is 2.70 bits per heavy atom. The lowest BCUT2D eigenvalue weighted by Gasteiger charge is -2.22. The fourth-order valence-electron chi connectivity index (χ4n) is 3.91.